The number of piperazine rings is 1. The summed E-state index contributed by atoms with van der Waals surface area (Å²) in [7, 11) is -3.92. The SMILES string of the molecule is CC(C)(C)OC(=O)N1CCN(S(=O)(=O)c2ccc([N+](=O)[O-])cc2Cl)CC1. The molecular weight excluding hydrogens is 386 g/mol. The van der Waals surface area contributed by atoms with Gasteiger partial charge in [0.15, 0.2) is 0 Å². The number of nitro benzene ring substituents is 1. The third-order valence-corrected chi connectivity index (χ3v) is 6.02. The number of amides is 1. The number of carbonyl (C=O) groups excluding carboxylic acids is 1. The molecule has 1 aliphatic rings. The monoisotopic (exact) mass is 405 g/mol. The summed E-state index contributed by atoms with van der Waals surface area (Å²) in [6.07, 6.45) is -0.497. The minimum Gasteiger partial charge on any atom is -0.444 e. The van der Waals surface area contributed by atoms with E-state index in [9.17, 15) is 23.3 Å². The van der Waals surface area contributed by atoms with Gasteiger partial charge in [-0.3, -0.25) is 10.1 Å². The van der Waals surface area contributed by atoms with Crippen LogP contribution in [0.15, 0.2) is 23.1 Å². The summed E-state index contributed by atoms with van der Waals surface area (Å²) >= 11 is 5.93. The molecule has 1 aromatic rings. The summed E-state index contributed by atoms with van der Waals surface area (Å²) in [5.41, 5.74) is -0.921. The molecule has 0 aromatic heterocycles. The van der Waals surface area contributed by atoms with E-state index in [1.165, 1.54) is 9.21 Å². The first-order valence-electron chi connectivity index (χ1n) is 7.84. The molecule has 1 heterocycles. The normalized spacial score (nSPS) is 16.4. The second kappa shape index (κ2) is 7.37. The van der Waals surface area contributed by atoms with E-state index in [1.807, 2.05) is 0 Å². The van der Waals surface area contributed by atoms with Gasteiger partial charge >= 0.3 is 6.09 Å². The molecule has 0 saturated carbocycles. The van der Waals surface area contributed by atoms with Crippen molar-refractivity contribution >= 4 is 33.4 Å². The molecule has 0 bridgehead atoms. The number of benzene rings is 1. The smallest absolute Gasteiger partial charge is 0.410 e. The molecule has 26 heavy (non-hydrogen) atoms. The molecule has 0 radical (unpaired) electrons. The number of carbonyl (C=O) groups is 1. The number of hydrogen-bond acceptors (Lipinski definition) is 6. The molecule has 1 fully saturated rings. The summed E-state index contributed by atoms with van der Waals surface area (Å²) in [4.78, 5) is 23.4. The van der Waals surface area contributed by atoms with E-state index in [0.717, 1.165) is 18.2 Å². The van der Waals surface area contributed by atoms with E-state index >= 15 is 0 Å². The highest BCUT2D eigenvalue weighted by Gasteiger charge is 2.33. The highest BCUT2D eigenvalue weighted by Crippen LogP contribution is 2.29. The zero-order valence-electron chi connectivity index (χ0n) is 14.6. The number of nitro groups is 1. The van der Waals surface area contributed by atoms with Crippen LogP contribution in [0.4, 0.5) is 10.5 Å². The van der Waals surface area contributed by atoms with Crippen molar-refractivity contribution in [3.05, 3.63) is 33.3 Å². The fourth-order valence-corrected chi connectivity index (χ4v) is 4.32. The second-order valence-electron chi connectivity index (χ2n) is 6.74. The van der Waals surface area contributed by atoms with Gasteiger partial charge in [-0.2, -0.15) is 4.31 Å². The Bertz CT molecular complexity index is 813. The van der Waals surface area contributed by atoms with Gasteiger partial charge in [0.05, 0.1) is 9.95 Å². The molecule has 0 atom stereocenters. The highest BCUT2D eigenvalue weighted by molar-refractivity contribution is 7.89. The molecule has 9 nitrogen and oxygen atoms in total. The molecule has 1 aromatic carbocycles. The third kappa shape index (κ3) is 4.63. The Balaban J connectivity index is 2.11. The van der Waals surface area contributed by atoms with Gasteiger partial charge in [0.1, 0.15) is 10.5 Å². The first-order valence-corrected chi connectivity index (χ1v) is 9.65. The van der Waals surface area contributed by atoms with Gasteiger partial charge in [-0.05, 0) is 26.8 Å². The van der Waals surface area contributed by atoms with Crippen LogP contribution < -0.4 is 0 Å². The van der Waals surface area contributed by atoms with Gasteiger partial charge in [0, 0.05) is 38.3 Å². The standard InChI is InChI=1S/C15H20ClN3O6S/c1-15(2,3)25-14(20)17-6-8-18(9-7-17)26(23,24)13-5-4-11(19(21)22)10-12(13)16/h4-5,10H,6-9H2,1-3H3. The maximum atomic E-state index is 12.7. The Hall–Kier alpha value is -1.91. The number of ether oxygens (including phenoxy) is 1. The Morgan fingerprint density at radius 1 is 1.23 bits per heavy atom. The minimum atomic E-state index is -3.92. The maximum Gasteiger partial charge on any atom is 0.410 e. The summed E-state index contributed by atoms with van der Waals surface area (Å²) < 4.78 is 31.9. The molecule has 2 rings (SSSR count). The van der Waals surface area contributed by atoms with E-state index < -0.39 is 26.6 Å². The summed E-state index contributed by atoms with van der Waals surface area (Å²) in [5.74, 6) is 0. The lowest BCUT2D eigenvalue weighted by Crippen LogP contribution is -2.51. The molecule has 1 saturated heterocycles. The van der Waals surface area contributed by atoms with Gasteiger partial charge in [-0.25, -0.2) is 13.2 Å². The predicted octanol–water partition coefficient (Wildman–Crippen LogP) is 2.49. The number of hydrogen-bond donors (Lipinski definition) is 0. The zero-order chi connectivity index (χ0) is 19.7. The minimum absolute atomic E-state index is 0.0783. The fraction of sp³-hybridized carbons (Fsp3) is 0.533. The van der Waals surface area contributed by atoms with Crippen molar-refractivity contribution in [2.45, 2.75) is 31.3 Å². The molecule has 1 aliphatic heterocycles. The summed E-state index contributed by atoms with van der Waals surface area (Å²) in [5, 5.41) is 10.5. The fourth-order valence-electron chi connectivity index (χ4n) is 2.39. The Morgan fingerprint density at radius 3 is 2.27 bits per heavy atom. The van der Waals surface area contributed by atoms with Crippen molar-refractivity contribution in [1.82, 2.24) is 9.21 Å². The van der Waals surface area contributed by atoms with Crippen LogP contribution in [0, 0.1) is 10.1 Å². The van der Waals surface area contributed by atoms with Crippen LogP contribution in [0.5, 0.6) is 0 Å². The number of nitrogens with zero attached hydrogens (tertiary/aromatic N) is 3. The first-order chi connectivity index (χ1) is 11.9. The largest absolute Gasteiger partial charge is 0.444 e. The summed E-state index contributed by atoms with van der Waals surface area (Å²) in [6, 6.07) is 3.22. The van der Waals surface area contributed by atoms with Crippen molar-refractivity contribution in [2.75, 3.05) is 26.2 Å². The van der Waals surface area contributed by atoms with Crippen LogP contribution in [0.25, 0.3) is 0 Å². The second-order valence-corrected chi connectivity index (χ2v) is 9.06. The van der Waals surface area contributed by atoms with E-state index in [1.54, 1.807) is 20.8 Å². The van der Waals surface area contributed by atoms with Crippen molar-refractivity contribution in [3.63, 3.8) is 0 Å². The van der Waals surface area contributed by atoms with Gasteiger partial charge in [0.2, 0.25) is 10.0 Å². The topological polar surface area (TPSA) is 110 Å². The molecular formula is C15H20ClN3O6S. The Morgan fingerprint density at radius 2 is 1.81 bits per heavy atom. The highest BCUT2D eigenvalue weighted by atomic mass is 35.5. The maximum absolute atomic E-state index is 12.7. The Kier molecular flexibility index (Phi) is 5.79. The number of rotatable bonds is 3. The number of non-ortho nitro benzene ring substituents is 1. The van der Waals surface area contributed by atoms with Crippen molar-refractivity contribution < 1.29 is 22.9 Å². The predicted molar refractivity (Wildman–Crippen MR) is 94.7 cm³/mol. The molecule has 0 spiro atoms. The van der Waals surface area contributed by atoms with Gasteiger partial charge in [-0.1, -0.05) is 11.6 Å². The molecule has 1 amide bonds. The molecule has 0 aliphatic carbocycles. The van der Waals surface area contributed by atoms with Gasteiger partial charge in [0.25, 0.3) is 5.69 Å². The lowest BCUT2D eigenvalue weighted by atomic mass is 10.2. The van der Waals surface area contributed by atoms with Crippen LogP contribution in [-0.2, 0) is 14.8 Å². The van der Waals surface area contributed by atoms with Crippen LogP contribution in [-0.4, -0.2) is 60.4 Å². The molecule has 0 unspecified atom stereocenters. The van der Waals surface area contributed by atoms with Crippen LogP contribution in [0.3, 0.4) is 0 Å². The Labute approximate surface area is 156 Å². The average Bonchev–Trinajstić information content (AvgIpc) is 2.53. The van der Waals surface area contributed by atoms with Crippen molar-refractivity contribution in [2.24, 2.45) is 0 Å². The van der Waals surface area contributed by atoms with E-state index in [0.29, 0.717) is 0 Å². The zero-order valence-corrected chi connectivity index (χ0v) is 16.2. The number of sulfonamides is 1. The van der Waals surface area contributed by atoms with Crippen molar-refractivity contribution in [3.8, 4) is 0 Å². The lowest BCUT2D eigenvalue weighted by molar-refractivity contribution is -0.384. The van der Waals surface area contributed by atoms with E-state index in [2.05, 4.69) is 0 Å². The van der Waals surface area contributed by atoms with Crippen LogP contribution in [0.1, 0.15) is 20.8 Å². The van der Waals surface area contributed by atoms with Crippen molar-refractivity contribution in [1.29, 1.82) is 0 Å². The molecule has 144 valence electrons. The van der Waals surface area contributed by atoms with E-state index in [4.69, 9.17) is 16.3 Å². The van der Waals surface area contributed by atoms with E-state index in [-0.39, 0.29) is 41.8 Å². The molecule has 11 heteroatoms. The average molecular weight is 406 g/mol. The number of halogens is 1. The third-order valence-electron chi connectivity index (χ3n) is 3.63. The lowest BCUT2D eigenvalue weighted by Gasteiger charge is -2.35. The van der Waals surface area contributed by atoms with Crippen LogP contribution >= 0.6 is 11.6 Å². The molecule has 0 N–H and O–H groups in total. The first kappa shape index (κ1) is 20.4. The summed E-state index contributed by atoms with van der Waals surface area (Å²) in [6.45, 7) is 5.77. The van der Waals surface area contributed by atoms with Gasteiger partial charge in [-0.15, -0.1) is 0 Å². The quantitative estimate of drug-likeness (QED) is 0.564. The van der Waals surface area contributed by atoms with Gasteiger partial charge < -0.3 is 9.64 Å². The van der Waals surface area contributed by atoms with Crippen LogP contribution in [0.2, 0.25) is 5.02 Å².